The molecule has 0 amide bonds. The van der Waals surface area contributed by atoms with Crippen LogP contribution in [0.15, 0.2) is 0 Å². The minimum atomic E-state index is 0.484. The van der Waals surface area contributed by atoms with Crippen molar-refractivity contribution in [2.24, 2.45) is 0 Å². The molecule has 1 nitrogen and oxygen atoms in total. The molecule has 1 fully saturated rings. The van der Waals surface area contributed by atoms with Gasteiger partial charge in [0, 0.05) is 18.1 Å². The monoisotopic (exact) mass is 256 g/mol. The molecule has 0 aromatic rings. The third kappa shape index (κ3) is 7.86. The number of carbonyl (C=O) groups excluding carboxylic acids is 1. The summed E-state index contributed by atoms with van der Waals surface area (Å²) in [5, 5.41) is 0.785. The van der Waals surface area contributed by atoms with Gasteiger partial charge in [0.25, 0.3) is 0 Å². The van der Waals surface area contributed by atoms with Crippen molar-refractivity contribution >= 4 is 17.5 Å². The molecular formula is C15H28OS. The van der Waals surface area contributed by atoms with Gasteiger partial charge in [0.15, 0.2) is 0 Å². The first kappa shape index (κ1) is 15.1. The summed E-state index contributed by atoms with van der Waals surface area (Å²) in [6.07, 6.45) is 13.8. The number of unbranched alkanes of at least 4 members (excludes halogenated alkanes) is 6. The average molecular weight is 256 g/mol. The molecule has 0 radical (unpaired) electrons. The van der Waals surface area contributed by atoms with Gasteiger partial charge >= 0.3 is 0 Å². The molecule has 17 heavy (non-hydrogen) atoms. The molecule has 1 aliphatic carbocycles. The largest absolute Gasteiger partial charge is 0.300 e. The Hall–Kier alpha value is 0.0200. The summed E-state index contributed by atoms with van der Waals surface area (Å²) in [5.74, 6) is 1.80. The SMILES string of the molecule is CCCCCCCCCSC1CCC(=O)CC1. The molecule has 0 atom stereocenters. The molecule has 1 saturated carbocycles. The number of rotatable bonds is 9. The van der Waals surface area contributed by atoms with Gasteiger partial charge in [0.05, 0.1) is 0 Å². The first-order valence-corrected chi connectivity index (χ1v) is 8.51. The molecule has 0 bridgehead atoms. The van der Waals surface area contributed by atoms with E-state index in [-0.39, 0.29) is 0 Å². The number of ketones is 1. The molecule has 0 aromatic heterocycles. The van der Waals surface area contributed by atoms with Crippen LogP contribution >= 0.6 is 11.8 Å². The van der Waals surface area contributed by atoms with Gasteiger partial charge in [-0.05, 0) is 25.0 Å². The maximum absolute atomic E-state index is 11.1. The van der Waals surface area contributed by atoms with E-state index in [0.29, 0.717) is 5.78 Å². The van der Waals surface area contributed by atoms with Crippen molar-refractivity contribution in [3.8, 4) is 0 Å². The normalized spacial score (nSPS) is 17.6. The van der Waals surface area contributed by atoms with Gasteiger partial charge in [-0.2, -0.15) is 11.8 Å². The lowest BCUT2D eigenvalue weighted by Crippen LogP contribution is -2.15. The van der Waals surface area contributed by atoms with Crippen LogP contribution < -0.4 is 0 Å². The summed E-state index contributed by atoms with van der Waals surface area (Å²) >= 11 is 2.12. The summed E-state index contributed by atoms with van der Waals surface area (Å²) in [4.78, 5) is 11.1. The Labute approximate surface area is 111 Å². The molecule has 1 aliphatic rings. The zero-order chi connectivity index (χ0) is 12.3. The molecule has 1 rings (SSSR count). The number of Topliss-reactive ketones (excluding diaryl/α,β-unsaturated/α-hetero) is 1. The third-order valence-electron chi connectivity index (χ3n) is 3.59. The van der Waals surface area contributed by atoms with Crippen molar-refractivity contribution in [1.82, 2.24) is 0 Å². The summed E-state index contributed by atoms with van der Waals surface area (Å²) < 4.78 is 0. The molecule has 2 heteroatoms. The van der Waals surface area contributed by atoms with E-state index in [0.717, 1.165) is 30.9 Å². The first-order valence-electron chi connectivity index (χ1n) is 7.46. The predicted octanol–water partition coefficient (Wildman–Crippen LogP) is 4.98. The lowest BCUT2D eigenvalue weighted by atomic mass is 9.99. The Morgan fingerprint density at radius 2 is 1.59 bits per heavy atom. The highest BCUT2D eigenvalue weighted by Crippen LogP contribution is 2.27. The zero-order valence-corrected chi connectivity index (χ0v) is 12.2. The second-order valence-electron chi connectivity index (χ2n) is 5.23. The van der Waals surface area contributed by atoms with Crippen LogP contribution in [0, 0.1) is 0 Å². The molecule has 0 aliphatic heterocycles. The number of carbonyl (C=O) groups is 1. The third-order valence-corrected chi connectivity index (χ3v) is 5.06. The highest BCUT2D eigenvalue weighted by atomic mass is 32.2. The minimum Gasteiger partial charge on any atom is -0.300 e. The van der Waals surface area contributed by atoms with Crippen LogP contribution in [-0.4, -0.2) is 16.8 Å². The summed E-state index contributed by atoms with van der Waals surface area (Å²) in [6.45, 7) is 2.27. The van der Waals surface area contributed by atoms with E-state index in [1.165, 1.54) is 50.7 Å². The van der Waals surface area contributed by atoms with Crippen LogP contribution in [0.5, 0.6) is 0 Å². The summed E-state index contributed by atoms with van der Waals surface area (Å²) in [7, 11) is 0. The van der Waals surface area contributed by atoms with Gasteiger partial charge < -0.3 is 0 Å². The second-order valence-corrected chi connectivity index (χ2v) is 6.64. The van der Waals surface area contributed by atoms with Crippen molar-refractivity contribution in [3.63, 3.8) is 0 Å². The standard InChI is InChI=1S/C15H28OS/c1-2-3-4-5-6-7-8-13-17-15-11-9-14(16)10-12-15/h15H,2-13H2,1H3. The number of thioether (sulfide) groups is 1. The average Bonchev–Trinajstić information content (AvgIpc) is 2.35. The maximum Gasteiger partial charge on any atom is 0.132 e. The Morgan fingerprint density at radius 3 is 2.24 bits per heavy atom. The van der Waals surface area contributed by atoms with Crippen LogP contribution in [0.4, 0.5) is 0 Å². The van der Waals surface area contributed by atoms with Gasteiger partial charge in [-0.3, -0.25) is 4.79 Å². The lowest BCUT2D eigenvalue weighted by Gasteiger charge is -2.20. The molecule has 0 aromatic carbocycles. The van der Waals surface area contributed by atoms with Gasteiger partial charge in [-0.1, -0.05) is 45.4 Å². The Balaban J connectivity index is 1.82. The fourth-order valence-electron chi connectivity index (χ4n) is 2.39. The van der Waals surface area contributed by atoms with Crippen molar-refractivity contribution < 1.29 is 4.79 Å². The number of hydrogen-bond acceptors (Lipinski definition) is 2. The van der Waals surface area contributed by atoms with E-state index in [1.54, 1.807) is 0 Å². The highest BCUT2D eigenvalue weighted by molar-refractivity contribution is 7.99. The van der Waals surface area contributed by atoms with E-state index >= 15 is 0 Å². The quantitative estimate of drug-likeness (QED) is 0.541. The lowest BCUT2D eigenvalue weighted by molar-refractivity contribution is -0.120. The summed E-state index contributed by atoms with van der Waals surface area (Å²) in [6, 6.07) is 0. The van der Waals surface area contributed by atoms with E-state index in [4.69, 9.17) is 0 Å². The molecule has 0 heterocycles. The van der Waals surface area contributed by atoms with Crippen molar-refractivity contribution in [3.05, 3.63) is 0 Å². The molecule has 0 N–H and O–H groups in total. The van der Waals surface area contributed by atoms with Crippen molar-refractivity contribution in [2.75, 3.05) is 5.75 Å². The zero-order valence-electron chi connectivity index (χ0n) is 11.4. The van der Waals surface area contributed by atoms with Gasteiger partial charge in [-0.25, -0.2) is 0 Å². The van der Waals surface area contributed by atoms with Crippen LogP contribution in [0.1, 0.15) is 77.6 Å². The van der Waals surface area contributed by atoms with Gasteiger partial charge in [0.2, 0.25) is 0 Å². The van der Waals surface area contributed by atoms with Gasteiger partial charge in [-0.15, -0.1) is 0 Å². The van der Waals surface area contributed by atoms with E-state index < -0.39 is 0 Å². The van der Waals surface area contributed by atoms with Crippen molar-refractivity contribution in [1.29, 1.82) is 0 Å². The smallest absolute Gasteiger partial charge is 0.132 e. The maximum atomic E-state index is 11.1. The Bertz CT molecular complexity index is 193. The Morgan fingerprint density at radius 1 is 1.00 bits per heavy atom. The van der Waals surface area contributed by atoms with E-state index in [2.05, 4.69) is 18.7 Å². The minimum absolute atomic E-state index is 0.484. The van der Waals surface area contributed by atoms with Crippen LogP contribution in [0.3, 0.4) is 0 Å². The fraction of sp³-hybridized carbons (Fsp3) is 0.933. The van der Waals surface area contributed by atoms with Gasteiger partial charge in [0.1, 0.15) is 5.78 Å². The predicted molar refractivity (Wildman–Crippen MR) is 77.7 cm³/mol. The topological polar surface area (TPSA) is 17.1 Å². The number of hydrogen-bond donors (Lipinski definition) is 0. The van der Waals surface area contributed by atoms with Crippen LogP contribution in [-0.2, 0) is 4.79 Å². The molecule has 0 spiro atoms. The highest BCUT2D eigenvalue weighted by Gasteiger charge is 2.18. The molecule has 0 unspecified atom stereocenters. The van der Waals surface area contributed by atoms with E-state index in [1.807, 2.05) is 0 Å². The second kappa shape index (κ2) is 9.99. The summed E-state index contributed by atoms with van der Waals surface area (Å²) in [5.41, 5.74) is 0. The molecular weight excluding hydrogens is 228 g/mol. The first-order chi connectivity index (χ1) is 8.33. The molecule has 100 valence electrons. The van der Waals surface area contributed by atoms with Crippen LogP contribution in [0.25, 0.3) is 0 Å². The Kier molecular flexibility index (Phi) is 8.86. The van der Waals surface area contributed by atoms with Crippen molar-refractivity contribution in [2.45, 2.75) is 82.8 Å². The fourth-order valence-corrected chi connectivity index (χ4v) is 3.66. The van der Waals surface area contributed by atoms with E-state index in [9.17, 15) is 4.79 Å². The van der Waals surface area contributed by atoms with Crippen LogP contribution in [0.2, 0.25) is 0 Å². The molecule has 0 saturated heterocycles.